The van der Waals surface area contributed by atoms with Crippen molar-refractivity contribution in [3.05, 3.63) is 77.9 Å². The summed E-state index contributed by atoms with van der Waals surface area (Å²) in [6.45, 7) is 0.246. The smallest absolute Gasteiger partial charge is 0.248 e. The monoisotopic (exact) mass is 531 g/mol. The SMILES string of the molecule is COc1cc(OC)cc(N2C(=O)CSc3c(c4ccccc4n3C)[C@@H]2C(=O)NCc2ccccc2OC)c1. The molecule has 0 bridgehead atoms. The van der Waals surface area contributed by atoms with Crippen LogP contribution in [0.2, 0.25) is 0 Å². The Morgan fingerprint density at radius 2 is 1.66 bits per heavy atom. The number of aromatic nitrogens is 1. The molecule has 2 heterocycles. The molecule has 0 spiro atoms. The van der Waals surface area contributed by atoms with Crippen molar-refractivity contribution in [3.63, 3.8) is 0 Å². The summed E-state index contributed by atoms with van der Waals surface area (Å²) in [6, 6.07) is 19.8. The van der Waals surface area contributed by atoms with Gasteiger partial charge in [-0.15, -0.1) is 0 Å². The van der Waals surface area contributed by atoms with Gasteiger partial charge < -0.3 is 24.1 Å². The molecule has 0 fully saturated rings. The molecule has 196 valence electrons. The number of benzene rings is 3. The van der Waals surface area contributed by atoms with Crippen LogP contribution in [0.5, 0.6) is 17.2 Å². The number of anilines is 1. The highest BCUT2D eigenvalue weighted by atomic mass is 32.2. The van der Waals surface area contributed by atoms with Gasteiger partial charge in [-0.25, -0.2) is 0 Å². The largest absolute Gasteiger partial charge is 0.497 e. The molecule has 4 aromatic rings. The van der Waals surface area contributed by atoms with Crippen molar-refractivity contribution in [1.82, 2.24) is 9.88 Å². The van der Waals surface area contributed by atoms with E-state index in [0.717, 1.165) is 27.1 Å². The zero-order chi connectivity index (χ0) is 26.8. The molecule has 38 heavy (non-hydrogen) atoms. The molecule has 0 saturated carbocycles. The number of hydrogen-bond donors (Lipinski definition) is 1. The first-order valence-corrected chi connectivity index (χ1v) is 13.1. The summed E-state index contributed by atoms with van der Waals surface area (Å²) in [7, 11) is 6.67. The average molecular weight is 532 g/mol. The first kappa shape index (κ1) is 25.5. The number of aryl methyl sites for hydroxylation is 1. The minimum absolute atomic E-state index is 0.174. The average Bonchev–Trinajstić information content (AvgIpc) is 3.13. The van der Waals surface area contributed by atoms with Crippen molar-refractivity contribution >= 4 is 40.2 Å². The number of nitrogens with one attached hydrogen (secondary N) is 1. The van der Waals surface area contributed by atoms with Crippen molar-refractivity contribution in [2.75, 3.05) is 32.0 Å². The fourth-order valence-corrected chi connectivity index (χ4v) is 5.98. The molecule has 8 nitrogen and oxygen atoms in total. The number of thioether (sulfide) groups is 1. The second-order valence-electron chi connectivity index (χ2n) is 8.85. The molecule has 3 aromatic carbocycles. The maximum atomic E-state index is 14.2. The summed E-state index contributed by atoms with van der Waals surface area (Å²) < 4.78 is 18.5. The Hall–Kier alpha value is -4.11. The number of rotatable bonds is 7. The minimum Gasteiger partial charge on any atom is -0.497 e. The van der Waals surface area contributed by atoms with Gasteiger partial charge in [0.15, 0.2) is 0 Å². The van der Waals surface area contributed by atoms with Crippen molar-refractivity contribution in [2.45, 2.75) is 17.6 Å². The molecule has 1 aliphatic rings. The lowest BCUT2D eigenvalue weighted by atomic mass is 10.0. The molecule has 9 heteroatoms. The summed E-state index contributed by atoms with van der Waals surface area (Å²) >= 11 is 1.44. The van der Waals surface area contributed by atoms with Gasteiger partial charge in [0.1, 0.15) is 23.3 Å². The molecule has 1 atom stereocenters. The minimum atomic E-state index is -0.926. The first-order valence-electron chi connectivity index (χ1n) is 12.1. The lowest BCUT2D eigenvalue weighted by Crippen LogP contribution is -2.43. The molecular weight excluding hydrogens is 502 g/mol. The van der Waals surface area contributed by atoms with E-state index in [9.17, 15) is 9.59 Å². The third-order valence-electron chi connectivity index (χ3n) is 6.73. The van der Waals surface area contributed by atoms with E-state index in [1.165, 1.54) is 11.8 Å². The molecule has 0 aliphatic carbocycles. The van der Waals surface area contributed by atoms with Gasteiger partial charge >= 0.3 is 0 Å². The van der Waals surface area contributed by atoms with E-state index < -0.39 is 6.04 Å². The number of ether oxygens (including phenoxy) is 3. The summed E-state index contributed by atoms with van der Waals surface area (Å²) in [5.74, 6) is 1.41. The predicted molar refractivity (Wildman–Crippen MR) is 148 cm³/mol. The molecule has 2 amide bonds. The number of nitrogens with zero attached hydrogens (tertiary/aromatic N) is 2. The van der Waals surface area contributed by atoms with E-state index >= 15 is 0 Å². The maximum absolute atomic E-state index is 14.2. The van der Waals surface area contributed by atoms with Crippen LogP contribution in [0, 0.1) is 0 Å². The molecule has 0 saturated heterocycles. The van der Waals surface area contributed by atoms with Crippen LogP contribution in [-0.2, 0) is 23.2 Å². The van der Waals surface area contributed by atoms with Crippen LogP contribution in [-0.4, -0.2) is 43.5 Å². The Morgan fingerprint density at radius 3 is 2.37 bits per heavy atom. The third-order valence-corrected chi connectivity index (χ3v) is 7.89. The number of carbonyl (C=O) groups is 2. The number of fused-ring (bicyclic) bond motifs is 3. The number of amides is 2. The summed E-state index contributed by atoms with van der Waals surface area (Å²) in [5.41, 5.74) is 3.14. The van der Waals surface area contributed by atoms with Crippen molar-refractivity contribution in [2.24, 2.45) is 7.05 Å². The quantitative estimate of drug-likeness (QED) is 0.372. The predicted octanol–water partition coefficient (Wildman–Crippen LogP) is 4.70. The topological polar surface area (TPSA) is 82.0 Å². The lowest BCUT2D eigenvalue weighted by Gasteiger charge is -2.30. The zero-order valence-electron chi connectivity index (χ0n) is 21.7. The molecule has 1 aliphatic heterocycles. The molecule has 1 aromatic heterocycles. The summed E-state index contributed by atoms with van der Waals surface area (Å²) in [6.07, 6.45) is 0. The van der Waals surface area contributed by atoms with E-state index in [0.29, 0.717) is 22.9 Å². The Labute approximate surface area is 225 Å². The molecule has 1 N–H and O–H groups in total. The van der Waals surface area contributed by atoms with Crippen LogP contribution in [0.25, 0.3) is 10.9 Å². The van der Waals surface area contributed by atoms with Gasteiger partial charge in [0, 0.05) is 53.8 Å². The van der Waals surface area contributed by atoms with E-state index in [1.54, 1.807) is 44.4 Å². The number of methoxy groups -OCH3 is 3. The fraction of sp³-hybridized carbons (Fsp3) is 0.241. The Kier molecular flexibility index (Phi) is 7.20. The highest BCUT2D eigenvalue weighted by Crippen LogP contribution is 2.44. The zero-order valence-corrected chi connectivity index (χ0v) is 22.5. The maximum Gasteiger partial charge on any atom is 0.248 e. The number of hydrogen-bond acceptors (Lipinski definition) is 6. The molecule has 5 rings (SSSR count). The first-order chi connectivity index (χ1) is 18.5. The van der Waals surface area contributed by atoms with Crippen molar-refractivity contribution in [3.8, 4) is 17.2 Å². The van der Waals surface area contributed by atoms with Crippen LogP contribution in [0.15, 0.2) is 71.8 Å². The highest BCUT2D eigenvalue weighted by molar-refractivity contribution is 8.00. The third kappa shape index (κ3) is 4.54. The van der Waals surface area contributed by atoms with Crippen LogP contribution in [0.4, 0.5) is 5.69 Å². The van der Waals surface area contributed by atoms with Crippen molar-refractivity contribution in [1.29, 1.82) is 0 Å². The van der Waals surface area contributed by atoms with Gasteiger partial charge in [0.25, 0.3) is 0 Å². The Morgan fingerprint density at radius 1 is 0.974 bits per heavy atom. The number of carbonyl (C=O) groups excluding carboxylic acids is 2. The van der Waals surface area contributed by atoms with Gasteiger partial charge in [-0.2, -0.15) is 0 Å². The van der Waals surface area contributed by atoms with Crippen LogP contribution >= 0.6 is 11.8 Å². The summed E-state index contributed by atoms with van der Waals surface area (Å²) in [5, 5.41) is 4.87. The molecule has 0 unspecified atom stereocenters. The van der Waals surface area contributed by atoms with Crippen LogP contribution < -0.4 is 24.4 Å². The van der Waals surface area contributed by atoms with Gasteiger partial charge in [0.2, 0.25) is 11.8 Å². The van der Waals surface area contributed by atoms with Gasteiger partial charge in [-0.05, 0) is 12.1 Å². The Bertz CT molecular complexity index is 1490. The van der Waals surface area contributed by atoms with Crippen molar-refractivity contribution < 1.29 is 23.8 Å². The number of para-hydroxylation sites is 2. The van der Waals surface area contributed by atoms with Gasteiger partial charge in [0.05, 0.1) is 37.8 Å². The second kappa shape index (κ2) is 10.7. The highest BCUT2D eigenvalue weighted by Gasteiger charge is 2.40. The standard InChI is InChI=1S/C29H29N3O5S/c1-31-23-11-7-6-10-22(23)26-27(28(34)30-16-18-9-5-8-12-24(18)37-4)32(25(33)17-38-29(26)31)19-13-20(35-2)15-21(14-19)36-3/h5-15,27H,16-17H2,1-4H3,(H,30,34)/t27-/m1/s1. The molecular formula is C29H29N3O5S. The normalized spacial score (nSPS) is 15.1. The second-order valence-corrected chi connectivity index (χ2v) is 9.81. The molecule has 0 radical (unpaired) electrons. The van der Waals surface area contributed by atoms with Crippen LogP contribution in [0.3, 0.4) is 0 Å². The van der Waals surface area contributed by atoms with Gasteiger partial charge in [-0.1, -0.05) is 48.2 Å². The summed E-state index contributed by atoms with van der Waals surface area (Å²) in [4.78, 5) is 29.4. The van der Waals surface area contributed by atoms with E-state index in [2.05, 4.69) is 9.88 Å². The van der Waals surface area contributed by atoms with E-state index in [-0.39, 0.29) is 24.1 Å². The van der Waals surface area contributed by atoms with E-state index in [4.69, 9.17) is 14.2 Å². The van der Waals surface area contributed by atoms with E-state index in [1.807, 2.05) is 55.6 Å². The van der Waals surface area contributed by atoms with Crippen LogP contribution in [0.1, 0.15) is 17.2 Å². The lowest BCUT2D eigenvalue weighted by molar-refractivity contribution is -0.125. The van der Waals surface area contributed by atoms with Gasteiger partial charge in [-0.3, -0.25) is 14.5 Å². The Balaban J connectivity index is 1.66. The fourth-order valence-electron chi connectivity index (χ4n) is 4.91.